The fraction of sp³-hybridized carbons (Fsp3) is 0.600. The van der Waals surface area contributed by atoms with Gasteiger partial charge in [0.2, 0.25) is 0 Å². The van der Waals surface area contributed by atoms with E-state index in [2.05, 4.69) is 12.2 Å². The van der Waals surface area contributed by atoms with E-state index < -0.39 is 0 Å². The molecule has 1 aromatic rings. The van der Waals surface area contributed by atoms with Crippen LogP contribution in [0.1, 0.15) is 24.9 Å². The number of ether oxygens (including phenoxy) is 4. The molecule has 1 aliphatic heterocycles. The molecule has 1 aliphatic rings. The minimum atomic E-state index is 0.223. The van der Waals surface area contributed by atoms with Gasteiger partial charge in [0.1, 0.15) is 6.79 Å². The minimum Gasteiger partial charge on any atom is -0.493 e. The molecule has 2 rings (SSSR count). The summed E-state index contributed by atoms with van der Waals surface area (Å²) in [5.41, 5.74) is 1.16. The summed E-state index contributed by atoms with van der Waals surface area (Å²) in [4.78, 5) is 0. The van der Waals surface area contributed by atoms with E-state index in [0.717, 1.165) is 36.6 Å². The van der Waals surface area contributed by atoms with Gasteiger partial charge in [0.05, 0.1) is 26.9 Å². The van der Waals surface area contributed by atoms with Gasteiger partial charge in [-0.15, -0.1) is 0 Å². The molecule has 20 heavy (non-hydrogen) atoms. The Balaban J connectivity index is 1.92. The van der Waals surface area contributed by atoms with Crippen LogP contribution in [0.3, 0.4) is 0 Å². The first-order chi connectivity index (χ1) is 9.74. The monoisotopic (exact) mass is 281 g/mol. The van der Waals surface area contributed by atoms with Crippen LogP contribution in [0, 0.1) is 0 Å². The fourth-order valence-corrected chi connectivity index (χ4v) is 2.21. The SMILES string of the molecule is COc1ccc(C(C)NCC2CCOCO2)cc1OC. The predicted molar refractivity (Wildman–Crippen MR) is 76.3 cm³/mol. The van der Waals surface area contributed by atoms with E-state index in [-0.39, 0.29) is 12.1 Å². The van der Waals surface area contributed by atoms with Gasteiger partial charge in [-0.2, -0.15) is 0 Å². The molecular weight excluding hydrogens is 258 g/mol. The van der Waals surface area contributed by atoms with Crippen molar-refractivity contribution in [2.24, 2.45) is 0 Å². The van der Waals surface area contributed by atoms with E-state index in [1.54, 1.807) is 14.2 Å². The lowest BCUT2D eigenvalue weighted by Gasteiger charge is -2.25. The molecule has 0 bridgehead atoms. The van der Waals surface area contributed by atoms with E-state index >= 15 is 0 Å². The average Bonchev–Trinajstić information content (AvgIpc) is 2.52. The van der Waals surface area contributed by atoms with Crippen molar-refractivity contribution in [3.05, 3.63) is 23.8 Å². The van der Waals surface area contributed by atoms with Gasteiger partial charge in [-0.25, -0.2) is 0 Å². The topological polar surface area (TPSA) is 49.0 Å². The van der Waals surface area contributed by atoms with Crippen molar-refractivity contribution in [3.63, 3.8) is 0 Å². The van der Waals surface area contributed by atoms with Crippen LogP contribution in [0.2, 0.25) is 0 Å². The zero-order valence-corrected chi connectivity index (χ0v) is 12.3. The molecule has 0 aromatic heterocycles. The van der Waals surface area contributed by atoms with Crippen molar-refractivity contribution < 1.29 is 18.9 Å². The highest BCUT2D eigenvalue weighted by molar-refractivity contribution is 5.43. The summed E-state index contributed by atoms with van der Waals surface area (Å²) in [5.74, 6) is 1.50. The second-order valence-corrected chi connectivity index (χ2v) is 4.85. The standard InChI is InChI=1S/C15H23NO4/c1-11(16-9-13-6-7-19-10-20-13)12-4-5-14(17-2)15(8-12)18-3/h4-5,8,11,13,16H,6-7,9-10H2,1-3H3. The maximum absolute atomic E-state index is 5.52. The molecule has 0 aliphatic carbocycles. The van der Waals surface area contributed by atoms with E-state index in [0.29, 0.717) is 6.79 Å². The number of rotatable bonds is 6. The molecule has 2 atom stereocenters. The van der Waals surface area contributed by atoms with Crippen LogP contribution >= 0.6 is 0 Å². The van der Waals surface area contributed by atoms with Crippen molar-refractivity contribution in [1.29, 1.82) is 0 Å². The van der Waals surface area contributed by atoms with Gasteiger partial charge in [0.25, 0.3) is 0 Å². The van der Waals surface area contributed by atoms with Gasteiger partial charge in [0.15, 0.2) is 11.5 Å². The van der Waals surface area contributed by atoms with E-state index in [1.165, 1.54) is 0 Å². The van der Waals surface area contributed by atoms with Gasteiger partial charge in [0, 0.05) is 12.6 Å². The molecule has 1 N–H and O–H groups in total. The Morgan fingerprint density at radius 3 is 2.75 bits per heavy atom. The number of hydrogen-bond donors (Lipinski definition) is 1. The normalized spacial score (nSPS) is 20.4. The maximum atomic E-state index is 5.52. The molecule has 0 saturated carbocycles. The quantitative estimate of drug-likeness (QED) is 0.865. The molecule has 1 saturated heterocycles. The zero-order chi connectivity index (χ0) is 14.4. The van der Waals surface area contributed by atoms with Crippen LogP contribution in [0.5, 0.6) is 11.5 Å². The van der Waals surface area contributed by atoms with E-state index in [9.17, 15) is 0 Å². The third kappa shape index (κ3) is 3.85. The van der Waals surface area contributed by atoms with Crippen LogP contribution in [0.15, 0.2) is 18.2 Å². The summed E-state index contributed by atoms with van der Waals surface area (Å²) in [6, 6.07) is 6.20. The van der Waals surface area contributed by atoms with Crippen molar-refractivity contribution in [3.8, 4) is 11.5 Å². The van der Waals surface area contributed by atoms with Gasteiger partial charge < -0.3 is 24.3 Å². The van der Waals surface area contributed by atoms with Crippen molar-refractivity contribution >= 4 is 0 Å². The largest absolute Gasteiger partial charge is 0.493 e. The molecule has 0 amide bonds. The third-order valence-electron chi connectivity index (χ3n) is 3.53. The summed E-state index contributed by atoms with van der Waals surface area (Å²) < 4.78 is 21.3. The summed E-state index contributed by atoms with van der Waals surface area (Å²) in [6.45, 7) is 4.12. The van der Waals surface area contributed by atoms with Crippen LogP contribution in [-0.2, 0) is 9.47 Å². The highest BCUT2D eigenvalue weighted by Gasteiger charge is 2.16. The molecule has 0 spiro atoms. The van der Waals surface area contributed by atoms with E-state index in [1.807, 2.05) is 18.2 Å². The first-order valence-electron chi connectivity index (χ1n) is 6.89. The van der Waals surface area contributed by atoms with Gasteiger partial charge >= 0.3 is 0 Å². The second kappa shape index (κ2) is 7.47. The van der Waals surface area contributed by atoms with Crippen LogP contribution in [0.25, 0.3) is 0 Å². The molecule has 5 heteroatoms. The van der Waals surface area contributed by atoms with Crippen LogP contribution in [-0.4, -0.2) is 40.3 Å². The van der Waals surface area contributed by atoms with E-state index in [4.69, 9.17) is 18.9 Å². The Hall–Kier alpha value is -1.30. The zero-order valence-electron chi connectivity index (χ0n) is 12.3. The lowest BCUT2D eigenvalue weighted by molar-refractivity contribution is -0.137. The van der Waals surface area contributed by atoms with Crippen molar-refractivity contribution in [2.45, 2.75) is 25.5 Å². The first-order valence-corrected chi connectivity index (χ1v) is 6.89. The maximum Gasteiger partial charge on any atom is 0.161 e. The lowest BCUT2D eigenvalue weighted by Crippen LogP contribution is -2.35. The molecule has 112 valence electrons. The second-order valence-electron chi connectivity index (χ2n) is 4.85. The Morgan fingerprint density at radius 1 is 1.30 bits per heavy atom. The van der Waals surface area contributed by atoms with Crippen LogP contribution in [0.4, 0.5) is 0 Å². The first kappa shape index (κ1) is 15.1. The number of hydrogen-bond acceptors (Lipinski definition) is 5. The molecule has 1 heterocycles. The smallest absolute Gasteiger partial charge is 0.161 e. The third-order valence-corrected chi connectivity index (χ3v) is 3.53. The minimum absolute atomic E-state index is 0.223. The Bertz CT molecular complexity index is 418. The Labute approximate surface area is 120 Å². The summed E-state index contributed by atoms with van der Waals surface area (Å²) in [6.07, 6.45) is 1.16. The lowest BCUT2D eigenvalue weighted by atomic mass is 10.1. The molecule has 1 fully saturated rings. The van der Waals surface area contributed by atoms with Crippen molar-refractivity contribution in [2.75, 3.05) is 34.2 Å². The van der Waals surface area contributed by atoms with Crippen molar-refractivity contribution in [1.82, 2.24) is 5.32 Å². The molecule has 0 radical (unpaired) electrons. The molecule has 5 nitrogen and oxygen atoms in total. The number of benzene rings is 1. The average molecular weight is 281 g/mol. The highest BCUT2D eigenvalue weighted by Crippen LogP contribution is 2.29. The Kier molecular flexibility index (Phi) is 5.64. The summed E-state index contributed by atoms with van der Waals surface area (Å²) in [7, 11) is 3.29. The molecule has 1 aromatic carbocycles. The van der Waals surface area contributed by atoms with Gasteiger partial charge in [-0.3, -0.25) is 0 Å². The fourth-order valence-electron chi connectivity index (χ4n) is 2.21. The highest BCUT2D eigenvalue weighted by atomic mass is 16.7. The van der Waals surface area contributed by atoms with Gasteiger partial charge in [-0.05, 0) is 31.0 Å². The molecular formula is C15H23NO4. The summed E-state index contributed by atoms with van der Waals surface area (Å²) >= 11 is 0. The Morgan fingerprint density at radius 2 is 2.10 bits per heavy atom. The van der Waals surface area contributed by atoms with Gasteiger partial charge in [-0.1, -0.05) is 6.07 Å². The number of nitrogens with one attached hydrogen (secondary N) is 1. The summed E-state index contributed by atoms with van der Waals surface area (Å²) in [5, 5.41) is 3.48. The number of methoxy groups -OCH3 is 2. The molecule has 2 unspecified atom stereocenters. The van der Waals surface area contributed by atoms with Crippen LogP contribution < -0.4 is 14.8 Å². The predicted octanol–water partition coefficient (Wildman–Crippen LogP) is 2.12.